The summed E-state index contributed by atoms with van der Waals surface area (Å²) in [7, 11) is 1.66. The van der Waals surface area contributed by atoms with Gasteiger partial charge in [0.1, 0.15) is 0 Å². The first-order valence-electron chi connectivity index (χ1n) is 4.96. The third kappa shape index (κ3) is 5.19. The van der Waals surface area contributed by atoms with Crippen LogP contribution in [0.3, 0.4) is 0 Å². The largest absolute Gasteiger partial charge is 0.481 e. The molecule has 0 aliphatic rings. The molecule has 0 radical (unpaired) electrons. The molecule has 0 saturated heterocycles. The van der Waals surface area contributed by atoms with Gasteiger partial charge in [-0.05, 0) is 20.3 Å². The van der Waals surface area contributed by atoms with Gasteiger partial charge in [-0.1, -0.05) is 6.92 Å². The van der Waals surface area contributed by atoms with Crippen LogP contribution in [0.4, 0.5) is 0 Å². The summed E-state index contributed by atoms with van der Waals surface area (Å²) in [4.78, 5) is 10.7. The van der Waals surface area contributed by atoms with Crippen molar-refractivity contribution in [2.75, 3.05) is 13.7 Å². The molecule has 0 saturated carbocycles. The van der Waals surface area contributed by atoms with Gasteiger partial charge in [-0.3, -0.25) is 4.79 Å². The SMILES string of the molecule is COCCC(C)NC(C)C(C)C(=O)O. The molecule has 0 rings (SSSR count). The number of carbonyl (C=O) groups is 1. The van der Waals surface area contributed by atoms with E-state index in [-0.39, 0.29) is 18.0 Å². The van der Waals surface area contributed by atoms with Crippen molar-refractivity contribution in [1.29, 1.82) is 0 Å². The number of carboxylic acids is 1. The van der Waals surface area contributed by atoms with Crippen molar-refractivity contribution >= 4 is 5.97 Å². The molecule has 3 atom stereocenters. The van der Waals surface area contributed by atoms with Gasteiger partial charge in [0.2, 0.25) is 0 Å². The number of carboxylic acid groups (broad SMARTS) is 1. The maximum atomic E-state index is 10.7. The van der Waals surface area contributed by atoms with E-state index < -0.39 is 5.97 Å². The lowest BCUT2D eigenvalue weighted by Crippen LogP contribution is -2.41. The highest BCUT2D eigenvalue weighted by Crippen LogP contribution is 2.04. The van der Waals surface area contributed by atoms with Crippen molar-refractivity contribution in [3.8, 4) is 0 Å². The van der Waals surface area contributed by atoms with Crippen LogP contribution in [-0.2, 0) is 9.53 Å². The summed E-state index contributed by atoms with van der Waals surface area (Å²) in [5.41, 5.74) is 0. The van der Waals surface area contributed by atoms with Crippen molar-refractivity contribution in [3.05, 3.63) is 0 Å². The molecular formula is C10H21NO3. The van der Waals surface area contributed by atoms with E-state index in [1.54, 1.807) is 14.0 Å². The minimum atomic E-state index is -0.760. The Morgan fingerprint density at radius 1 is 1.43 bits per heavy atom. The van der Waals surface area contributed by atoms with Crippen LogP contribution in [0.2, 0.25) is 0 Å². The Morgan fingerprint density at radius 2 is 2.00 bits per heavy atom. The van der Waals surface area contributed by atoms with Gasteiger partial charge in [-0.25, -0.2) is 0 Å². The molecule has 0 aromatic heterocycles. The molecule has 0 amide bonds. The second kappa shape index (κ2) is 6.79. The van der Waals surface area contributed by atoms with Crippen molar-refractivity contribution in [3.63, 3.8) is 0 Å². The van der Waals surface area contributed by atoms with Gasteiger partial charge in [0.15, 0.2) is 0 Å². The molecule has 0 aliphatic heterocycles. The van der Waals surface area contributed by atoms with Crippen molar-refractivity contribution in [1.82, 2.24) is 5.32 Å². The van der Waals surface area contributed by atoms with Crippen molar-refractivity contribution in [2.45, 2.75) is 39.3 Å². The molecule has 84 valence electrons. The zero-order chi connectivity index (χ0) is 11.1. The highest BCUT2D eigenvalue weighted by atomic mass is 16.5. The normalized spacial score (nSPS) is 17.4. The lowest BCUT2D eigenvalue weighted by atomic mass is 10.0. The molecule has 0 spiro atoms. The summed E-state index contributed by atoms with van der Waals surface area (Å²) < 4.78 is 4.95. The highest BCUT2D eigenvalue weighted by Gasteiger charge is 2.20. The van der Waals surface area contributed by atoms with Crippen LogP contribution in [0.1, 0.15) is 27.2 Å². The Kier molecular flexibility index (Phi) is 6.49. The summed E-state index contributed by atoms with van der Waals surface area (Å²) in [5, 5.41) is 12.0. The van der Waals surface area contributed by atoms with E-state index in [0.717, 1.165) is 6.42 Å². The zero-order valence-corrected chi connectivity index (χ0v) is 9.41. The first kappa shape index (κ1) is 13.4. The third-order valence-electron chi connectivity index (χ3n) is 2.44. The first-order chi connectivity index (χ1) is 6.49. The fourth-order valence-corrected chi connectivity index (χ4v) is 1.18. The van der Waals surface area contributed by atoms with Crippen LogP contribution in [-0.4, -0.2) is 36.9 Å². The lowest BCUT2D eigenvalue weighted by molar-refractivity contribution is -0.142. The second-order valence-electron chi connectivity index (χ2n) is 3.76. The summed E-state index contributed by atoms with van der Waals surface area (Å²) in [6.45, 7) is 6.33. The predicted molar refractivity (Wildman–Crippen MR) is 55.4 cm³/mol. The standard InChI is InChI=1S/C10H21NO3/c1-7(5-6-14-4)11-9(3)8(2)10(12)13/h7-9,11H,5-6H2,1-4H3,(H,12,13). The summed E-state index contributed by atoms with van der Waals surface area (Å²) in [5.74, 6) is -1.12. The highest BCUT2D eigenvalue weighted by molar-refractivity contribution is 5.70. The number of hydrogen-bond donors (Lipinski definition) is 2. The number of ether oxygens (including phenoxy) is 1. The Balaban J connectivity index is 3.80. The van der Waals surface area contributed by atoms with Gasteiger partial charge in [0.05, 0.1) is 5.92 Å². The molecule has 4 heteroatoms. The molecule has 0 aliphatic carbocycles. The molecule has 14 heavy (non-hydrogen) atoms. The van der Waals surface area contributed by atoms with E-state index in [4.69, 9.17) is 9.84 Å². The monoisotopic (exact) mass is 203 g/mol. The topological polar surface area (TPSA) is 58.6 Å². The number of aliphatic carboxylic acids is 1. The smallest absolute Gasteiger partial charge is 0.307 e. The third-order valence-corrected chi connectivity index (χ3v) is 2.44. The maximum Gasteiger partial charge on any atom is 0.307 e. The minimum absolute atomic E-state index is 0.0145. The Bertz CT molecular complexity index is 173. The van der Waals surface area contributed by atoms with Gasteiger partial charge < -0.3 is 15.2 Å². The van der Waals surface area contributed by atoms with Crippen LogP contribution >= 0.6 is 0 Å². The average molecular weight is 203 g/mol. The number of rotatable bonds is 7. The number of nitrogens with one attached hydrogen (secondary N) is 1. The fraction of sp³-hybridized carbons (Fsp3) is 0.900. The summed E-state index contributed by atoms with van der Waals surface area (Å²) in [6.07, 6.45) is 0.896. The van der Waals surface area contributed by atoms with E-state index in [1.165, 1.54) is 0 Å². The van der Waals surface area contributed by atoms with Crippen molar-refractivity contribution in [2.24, 2.45) is 5.92 Å². The van der Waals surface area contributed by atoms with E-state index >= 15 is 0 Å². The minimum Gasteiger partial charge on any atom is -0.481 e. The lowest BCUT2D eigenvalue weighted by Gasteiger charge is -2.22. The van der Waals surface area contributed by atoms with E-state index in [9.17, 15) is 4.79 Å². The molecule has 4 nitrogen and oxygen atoms in total. The van der Waals surface area contributed by atoms with Gasteiger partial charge in [0, 0.05) is 25.8 Å². The molecule has 0 heterocycles. The van der Waals surface area contributed by atoms with Crippen LogP contribution in [0.5, 0.6) is 0 Å². The quantitative estimate of drug-likeness (QED) is 0.650. The number of methoxy groups -OCH3 is 1. The second-order valence-corrected chi connectivity index (χ2v) is 3.76. The summed E-state index contributed by atoms with van der Waals surface area (Å²) in [6, 6.07) is 0.270. The predicted octanol–water partition coefficient (Wildman–Crippen LogP) is 1.11. The Hall–Kier alpha value is -0.610. The summed E-state index contributed by atoms with van der Waals surface area (Å²) >= 11 is 0. The van der Waals surface area contributed by atoms with E-state index in [2.05, 4.69) is 5.32 Å². The van der Waals surface area contributed by atoms with Gasteiger partial charge in [-0.2, -0.15) is 0 Å². The van der Waals surface area contributed by atoms with Crippen LogP contribution < -0.4 is 5.32 Å². The zero-order valence-electron chi connectivity index (χ0n) is 9.41. The molecular weight excluding hydrogens is 182 g/mol. The Morgan fingerprint density at radius 3 is 2.43 bits per heavy atom. The van der Waals surface area contributed by atoms with E-state index in [1.807, 2.05) is 13.8 Å². The molecule has 0 bridgehead atoms. The fourth-order valence-electron chi connectivity index (χ4n) is 1.18. The molecule has 3 unspecified atom stereocenters. The van der Waals surface area contributed by atoms with Crippen LogP contribution in [0.25, 0.3) is 0 Å². The average Bonchev–Trinajstić information content (AvgIpc) is 2.13. The van der Waals surface area contributed by atoms with Gasteiger partial charge >= 0.3 is 5.97 Å². The van der Waals surface area contributed by atoms with E-state index in [0.29, 0.717) is 6.61 Å². The van der Waals surface area contributed by atoms with Crippen molar-refractivity contribution < 1.29 is 14.6 Å². The molecule has 0 fully saturated rings. The Labute approximate surface area is 85.6 Å². The van der Waals surface area contributed by atoms with Gasteiger partial charge in [-0.15, -0.1) is 0 Å². The van der Waals surface area contributed by atoms with Gasteiger partial charge in [0.25, 0.3) is 0 Å². The van der Waals surface area contributed by atoms with Crippen LogP contribution in [0, 0.1) is 5.92 Å². The number of hydrogen-bond acceptors (Lipinski definition) is 3. The first-order valence-corrected chi connectivity index (χ1v) is 4.96. The molecule has 0 aromatic rings. The molecule has 0 aromatic carbocycles. The molecule has 2 N–H and O–H groups in total. The maximum absolute atomic E-state index is 10.7. The van der Waals surface area contributed by atoms with Crippen LogP contribution in [0.15, 0.2) is 0 Å².